The van der Waals surface area contributed by atoms with Gasteiger partial charge in [-0.2, -0.15) is 26.3 Å². The molecule has 0 saturated heterocycles. The molecule has 3 aromatic heterocycles. The number of nitrogens with two attached hydrogens (primary N) is 1. The summed E-state index contributed by atoms with van der Waals surface area (Å²) >= 11 is 1.87. The van der Waals surface area contributed by atoms with Crippen molar-refractivity contribution >= 4 is 53.8 Å². The van der Waals surface area contributed by atoms with Crippen LogP contribution in [0.2, 0.25) is 0 Å². The van der Waals surface area contributed by atoms with E-state index in [-0.39, 0.29) is 211 Å². The van der Waals surface area contributed by atoms with Gasteiger partial charge in [0.15, 0.2) is 23.1 Å². The molecule has 3 amide bonds. The number of ether oxygens (including phenoxy) is 3. The summed E-state index contributed by atoms with van der Waals surface area (Å²) in [6, 6.07) is 32.9. The van der Waals surface area contributed by atoms with Crippen LogP contribution in [-0.2, 0) is 53.0 Å². The van der Waals surface area contributed by atoms with E-state index in [9.17, 15) is 91.0 Å². The van der Waals surface area contributed by atoms with Crippen molar-refractivity contribution in [3.63, 3.8) is 0 Å². The number of alkyl halides is 6. The molecule has 10 N–H and O–H groups in total. The number of H-pyrrole nitrogens is 3. The van der Waals surface area contributed by atoms with Gasteiger partial charge in [-0.15, -0.1) is 0 Å². The van der Waals surface area contributed by atoms with Gasteiger partial charge in [-0.1, -0.05) is 128 Å². The fraction of sp³-hybridized carbons (Fsp3) is 0.305. The predicted octanol–water partition coefficient (Wildman–Crippen LogP) is 7.05. The fourth-order valence-corrected chi connectivity index (χ4v) is 11.0. The minimum absolute atomic E-state index is 0. The van der Waals surface area contributed by atoms with Crippen LogP contribution in [0.25, 0.3) is 11.1 Å². The number of primary amides is 1. The van der Waals surface area contributed by atoms with Gasteiger partial charge in [0.25, 0.3) is 23.2 Å². The summed E-state index contributed by atoms with van der Waals surface area (Å²) in [4.78, 5) is 110. The van der Waals surface area contributed by atoms with E-state index in [1.165, 1.54) is 84.9 Å². The second-order valence-electron chi connectivity index (χ2n) is 25.3. The summed E-state index contributed by atoms with van der Waals surface area (Å²) < 4.78 is 179. The van der Waals surface area contributed by atoms with E-state index in [1.54, 1.807) is 52.0 Å². The van der Waals surface area contributed by atoms with Crippen molar-refractivity contribution in [2.45, 2.75) is 149 Å². The van der Waals surface area contributed by atoms with Crippen LogP contribution in [0, 0.1) is 73.1 Å². The molecule has 0 aliphatic carbocycles. The average Bonchev–Trinajstić information content (AvgIpc) is 0.769. The number of amides is 3. The van der Waals surface area contributed by atoms with Gasteiger partial charge in [-0.3, -0.25) is 47.8 Å². The predicted molar refractivity (Wildman–Crippen MR) is 447 cm³/mol. The Balaban J connectivity index is -0.000000459. The van der Waals surface area contributed by atoms with E-state index in [2.05, 4.69) is 24.9 Å². The molecule has 42 heteroatoms. The van der Waals surface area contributed by atoms with E-state index >= 15 is 0 Å². The van der Waals surface area contributed by atoms with Crippen LogP contribution < -0.4 is 173 Å². The number of aliphatic hydroxyl groups is 1. The van der Waals surface area contributed by atoms with Crippen molar-refractivity contribution in [2.24, 2.45) is 5.73 Å². The van der Waals surface area contributed by atoms with Gasteiger partial charge < -0.3 is 57.3 Å². The first-order valence-corrected chi connectivity index (χ1v) is 35.4. The number of aryl methyl sites for hydroxylation is 3. The standard InChI is InChI=1S/C20H15F5N2O3.C14H21NO2.C13H12FIN2O2.C13H13FN2O2.C9H8F4N2O.C7H8BFO3.CH2O3.CH4O.4CH4.2K.H/c1-10-16(11-5-3-8-15(30-2)17(11)22)18(28)26-19(29)27(10)9-12-13(20(23,24)25)6-4-7-14(12)21;1-5-12(11-9-7-6-8-10-11)15-13(16)17-14(2,3)4;1-7-4-3-5-10(14)9(7)6-17-8(2)11(15)12(18)16-13(17)19;1-8-4-3-5-11(14)10(8)7-16-9(2)6-12(17)15-13(16)18;10-7-3-1-2-6(9(11,12)13)5(7)4-15-8(14)16;1-12-6-4-2-3-5(7(6)9)8(10)11;2-1-4-3;1-2;;;;;;;/h3-8H,9H2,1-2H3,(H,26,28,29);6-10,12H,5H2,1-4H3,(H,15,16);3-5H,6H2,1-2H3,(H,16,18,19);3-6H,7H2,1-2H3,(H,15,17,18);1-3H,4H2,(H3,14,15,16);2-4,10-11H,1H3;1,3H;2H,1H3;4*1H4;;;/q;;;;;;;;;;;;2*+1;-1/p-1/t;12-;;;;;;;;;;;;;/m.1............./s1. The first-order valence-electron chi connectivity index (χ1n) is 34.4. The second-order valence-corrected chi connectivity index (χ2v) is 26.4. The zero-order chi connectivity index (χ0) is 89.4. The molecule has 0 aliphatic rings. The van der Waals surface area contributed by atoms with Gasteiger partial charge in [0.1, 0.15) is 28.9 Å². The molecule has 124 heavy (non-hydrogen) atoms. The number of hydrogen-bond donors (Lipinski definition) is 9. The minimum atomic E-state index is -4.86. The average molecular weight is 1930 g/mol. The zero-order valence-electron chi connectivity index (χ0n) is 68.0. The van der Waals surface area contributed by atoms with Crippen LogP contribution in [0.5, 0.6) is 11.5 Å². The molecule has 0 saturated carbocycles. The molecule has 10 rings (SSSR count). The van der Waals surface area contributed by atoms with Crippen molar-refractivity contribution in [1.29, 1.82) is 0 Å². The Morgan fingerprint density at radius 3 is 1.41 bits per heavy atom. The van der Waals surface area contributed by atoms with Gasteiger partial charge in [0.05, 0.1) is 60.2 Å². The number of rotatable bonds is 16. The molecule has 10 aromatic rings. The summed E-state index contributed by atoms with van der Waals surface area (Å²) in [6.45, 7) is 14.4. The molecule has 1 atom stereocenters. The number of aromatic amines is 3. The van der Waals surface area contributed by atoms with Crippen molar-refractivity contribution in [3.05, 3.63) is 314 Å². The summed E-state index contributed by atoms with van der Waals surface area (Å²) in [5, 5.41) is 37.6. The van der Waals surface area contributed by atoms with E-state index in [0.717, 1.165) is 65.1 Å². The SMILES string of the molecule is C.C.C.C.CC[C@@H](NC(=O)OC(C)(C)C)c1ccccc1.CO.COc1cccc(-c2c(C)n(Cc3c(F)cccc3C(F)(F)F)c(=O)[nH]c2=O)c1F.COc1cccc(B(O)O)c1F.Cc1cccc(F)c1Cn1c(C)c(I)c(=O)[nH]c1=O.Cc1cccc(F)c1Cn1c(C)cc(=O)[nH]c1=O.NC(=O)NCc1c(F)cccc1C(F)(F)F.O=CO[O-].[H-].[K+].[K+]. The van der Waals surface area contributed by atoms with E-state index in [0.29, 0.717) is 32.2 Å². The number of hydrogen-bond acceptors (Lipinski definition) is 17. The number of aliphatic hydroxyl groups excluding tert-OH is 1. The van der Waals surface area contributed by atoms with Gasteiger partial charge in [0, 0.05) is 70.1 Å². The maximum Gasteiger partial charge on any atom is 1.00 e. The number of carbonyl (C=O) groups is 3. The van der Waals surface area contributed by atoms with Gasteiger partial charge in [-0.05, 0) is 150 Å². The monoisotopic (exact) mass is 1930 g/mol. The number of halogens is 13. The Labute approximate surface area is 807 Å². The Hall–Kier alpha value is -8.74. The first kappa shape index (κ1) is 122. The summed E-state index contributed by atoms with van der Waals surface area (Å²) in [5.74, 6) is -4.71. The molecule has 0 fully saturated rings. The molecule has 0 bridgehead atoms. The van der Waals surface area contributed by atoms with Crippen molar-refractivity contribution in [1.82, 2.24) is 39.3 Å². The fourth-order valence-electron chi connectivity index (χ4n) is 10.5. The summed E-state index contributed by atoms with van der Waals surface area (Å²) in [6.07, 6.45) is -9.06. The number of aromatic nitrogens is 6. The molecule has 0 aliphatic heterocycles. The molecule has 3 heterocycles. The number of nitrogens with one attached hydrogen (secondary N) is 5. The number of alkyl carbamates (subject to hydrolysis) is 1. The maximum absolute atomic E-state index is 14.7. The molecule has 26 nitrogen and oxygen atoms in total. The van der Waals surface area contributed by atoms with E-state index < -0.39 is 123 Å². The van der Waals surface area contributed by atoms with Gasteiger partial charge in [-0.25, -0.2) is 50.3 Å². The van der Waals surface area contributed by atoms with Crippen LogP contribution in [0.15, 0.2) is 174 Å². The number of urea groups is 1. The van der Waals surface area contributed by atoms with Gasteiger partial charge in [0.2, 0.25) is 0 Å². The van der Waals surface area contributed by atoms with Crippen LogP contribution in [-0.4, -0.2) is 96.5 Å². The zero-order valence-corrected chi connectivity index (χ0v) is 75.4. The minimum Gasteiger partial charge on any atom is -1.00 e. The van der Waals surface area contributed by atoms with Gasteiger partial charge >= 0.3 is 151 Å². The molecule has 670 valence electrons. The maximum atomic E-state index is 14.7. The van der Waals surface area contributed by atoms with Crippen LogP contribution >= 0.6 is 22.6 Å². The van der Waals surface area contributed by atoms with Crippen molar-refractivity contribution in [3.8, 4) is 22.6 Å². The first-order chi connectivity index (χ1) is 55.3. The number of carbonyl (C=O) groups excluding carboxylic acids is 3. The Morgan fingerprint density at radius 2 is 0.984 bits per heavy atom. The molecule has 0 unspecified atom stereocenters. The quantitative estimate of drug-likeness (QED) is 0.0117. The van der Waals surface area contributed by atoms with Crippen LogP contribution in [0.4, 0.5) is 62.3 Å². The summed E-state index contributed by atoms with van der Waals surface area (Å²) in [7, 11) is 1.73. The van der Waals surface area contributed by atoms with Crippen molar-refractivity contribution in [2.75, 3.05) is 21.3 Å². The van der Waals surface area contributed by atoms with E-state index in [4.69, 9.17) is 40.4 Å². The smallest absolute Gasteiger partial charge is 1.00 e. The molecule has 7 aromatic carbocycles. The van der Waals surface area contributed by atoms with E-state index in [1.807, 2.05) is 90.9 Å². The number of nitrogens with zero attached hydrogens (tertiary/aromatic N) is 3. The topological polar surface area (TPSA) is 387 Å². The van der Waals surface area contributed by atoms with Crippen molar-refractivity contribution < 1.29 is 211 Å². The Kier molecular flexibility index (Phi) is 56.6. The summed E-state index contributed by atoms with van der Waals surface area (Å²) in [5.41, 5.74) is 0.325. The third-order valence-corrected chi connectivity index (χ3v) is 17.6. The Morgan fingerprint density at radius 1 is 0.581 bits per heavy atom. The molecular formula is C82H99BF12IK2N9O17. The van der Waals surface area contributed by atoms with Crippen LogP contribution in [0.3, 0.4) is 0 Å². The number of methoxy groups -OCH3 is 2. The molecule has 0 radical (unpaired) electrons. The third-order valence-electron chi connectivity index (χ3n) is 16.3. The largest absolute Gasteiger partial charge is 1.00 e. The molecular weight excluding hydrogens is 1830 g/mol. The number of benzene rings is 7. The third kappa shape index (κ3) is 37.1. The molecule has 0 spiro atoms. The Bertz CT molecular complexity index is 5410. The second kappa shape index (κ2) is 57.8. The van der Waals surface area contributed by atoms with Crippen LogP contribution in [0.1, 0.15) is 138 Å². The normalized spacial score (nSPS) is 10.4.